The summed E-state index contributed by atoms with van der Waals surface area (Å²) in [6.07, 6.45) is 11.8. The summed E-state index contributed by atoms with van der Waals surface area (Å²) in [6.45, 7) is 1.23. The second-order valence-corrected chi connectivity index (χ2v) is 7.49. The quantitative estimate of drug-likeness (QED) is 0.910. The molecule has 2 heterocycles. The number of hydrogen-bond acceptors (Lipinski definition) is 3. The van der Waals surface area contributed by atoms with Crippen LogP contribution in [-0.2, 0) is 13.0 Å². The van der Waals surface area contributed by atoms with Gasteiger partial charge < -0.3 is 9.67 Å². The minimum Gasteiger partial charge on any atom is -0.396 e. The third-order valence-electron chi connectivity index (χ3n) is 6.24. The lowest BCUT2D eigenvalue weighted by Gasteiger charge is -2.39. The molecule has 4 unspecified atom stereocenters. The number of aliphatic hydroxyl groups is 1. The van der Waals surface area contributed by atoms with E-state index in [0.717, 1.165) is 37.0 Å². The largest absolute Gasteiger partial charge is 0.396 e. The van der Waals surface area contributed by atoms with Crippen LogP contribution in [0.5, 0.6) is 0 Å². The highest BCUT2D eigenvalue weighted by Gasteiger charge is 2.35. The summed E-state index contributed by atoms with van der Waals surface area (Å²) in [5.41, 5.74) is 0. The standard InChI is InChI=1S/C17H27N3O/c21-11-12-5-8-16-18-19-17(20(16)10-12)15-7-6-13-3-1-2-4-14(13)9-15/h12-15,21H,1-11H2. The summed E-state index contributed by atoms with van der Waals surface area (Å²) >= 11 is 0. The van der Waals surface area contributed by atoms with E-state index in [-0.39, 0.29) is 0 Å². The van der Waals surface area contributed by atoms with Crippen LogP contribution in [0.25, 0.3) is 0 Å². The van der Waals surface area contributed by atoms with Crippen molar-refractivity contribution in [1.82, 2.24) is 14.8 Å². The van der Waals surface area contributed by atoms with Crippen LogP contribution in [0.4, 0.5) is 0 Å². The van der Waals surface area contributed by atoms with Crippen molar-refractivity contribution >= 4 is 0 Å². The van der Waals surface area contributed by atoms with E-state index in [4.69, 9.17) is 0 Å². The first kappa shape index (κ1) is 13.7. The Labute approximate surface area is 127 Å². The maximum atomic E-state index is 9.46. The first-order chi connectivity index (χ1) is 10.3. The molecule has 4 nitrogen and oxygen atoms in total. The molecule has 1 aliphatic heterocycles. The van der Waals surface area contributed by atoms with Gasteiger partial charge in [0.25, 0.3) is 0 Å². The zero-order valence-electron chi connectivity index (χ0n) is 12.9. The van der Waals surface area contributed by atoms with Crippen LogP contribution in [-0.4, -0.2) is 26.5 Å². The predicted octanol–water partition coefficient (Wildman–Crippen LogP) is 2.91. The Balaban J connectivity index is 1.53. The molecule has 0 saturated heterocycles. The maximum absolute atomic E-state index is 9.46. The Morgan fingerprint density at radius 1 is 1.00 bits per heavy atom. The van der Waals surface area contributed by atoms with Crippen LogP contribution < -0.4 is 0 Å². The zero-order valence-corrected chi connectivity index (χ0v) is 12.9. The van der Waals surface area contributed by atoms with E-state index >= 15 is 0 Å². The molecule has 0 radical (unpaired) electrons. The predicted molar refractivity (Wildman–Crippen MR) is 81.0 cm³/mol. The number of nitrogens with zero attached hydrogens (tertiary/aromatic N) is 3. The van der Waals surface area contributed by atoms with E-state index in [0.29, 0.717) is 18.4 Å². The Kier molecular flexibility index (Phi) is 3.74. The lowest BCUT2D eigenvalue weighted by atomic mass is 9.67. The van der Waals surface area contributed by atoms with Crippen molar-refractivity contribution in [3.05, 3.63) is 11.6 Å². The van der Waals surface area contributed by atoms with Crippen LogP contribution in [0.3, 0.4) is 0 Å². The molecule has 4 rings (SSSR count). The molecule has 0 aromatic carbocycles. The van der Waals surface area contributed by atoms with E-state index in [1.165, 1.54) is 50.8 Å². The molecule has 0 bridgehead atoms. The summed E-state index contributed by atoms with van der Waals surface area (Å²) in [6, 6.07) is 0. The molecule has 0 amide bonds. The molecular formula is C17H27N3O. The molecular weight excluding hydrogens is 262 g/mol. The molecule has 116 valence electrons. The van der Waals surface area contributed by atoms with Crippen molar-refractivity contribution in [2.75, 3.05) is 6.61 Å². The molecule has 1 aromatic rings. The van der Waals surface area contributed by atoms with Gasteiger partial charge in [-0.05, 0) is 37.5 Å². The third-order valence-corrected chi connectivity index (χ3v) is 6.24. The lowest BCUT2D eigenvalue weighted by Crippen LogP contribution is -2.30. The Morgan fingerprint density at radius 3 is 2.71 bits per heavy atom. The van der Waals surface area contributed by atoms with Gasteiger partial charge in [0.15, 0.2) is 0 Å². The highest BCUT2D eigenvalue weighted by molar-refractivity contribution is 5.07. The van der Waals surface area contributed by atoms with Crippen LogP contribution in [0.15, 0.2) is 0 Å². The molecule has 0 spiro atoms. The van der Waals surface area contributed by atoms with Crippen molar-refractivity contribution in [1.29, 1.82) is 0 Å². The number of aryl methyl sites for hydroxylation is 1. The Bertz CT molecular complexity index is 498. The van der Waals surface area contributed by atoms with Gasteiger partial charge in [-0.3, -0.25) is 0 Å². The molecule has 4 atom stereocenters. The van der Waals surface area contributed by atoms with Crippen LogP contribution in [0.1, 0.15) is 68.9 Å². The number of fused-ring (bicyclic) bond motifs is 2. The van der Waals surface area contributed by atoms with E-state index in [2.05, 4.69) is 14.8 Å². The third kappa shape index (κ3) is 2.52. The molecule has 2 fully saturated rings. The molecule has 21 heavy (non-hydrogen) atoms. The Morgan fingerprint density at radius 2 is 1.86 bits per heavy atom. The van der Waals surface area contributed by atoms with Gasteiger partial charge in [0.05, 0.1) is 0 Å². The summed E-state index contributed by atoms with van der Waals surface area (Å²) in [5.74, 6) is 5.32. The molecule has 4 heteroatoms. The van der Waals surface area contributed by atoms with Gasteiger partial charge in [-0.1, -0.05) is 25.7 Å². The van der Waals surface area contributed by atoms with E-state index in [1.54, 1.807) is 0 Å². The summed E-state index contributed by atoms with van der Waals surface area (Å²) in [7, 11) is 0. The monoisotopic (exact) mass is 289 g/mol. The van der Waals surface area contributed by atoms with E-state index < -0.39 is 0 Å². The van der Waals surface area contributed by atoms with Gasteiger partial charge in [-0.25, -0.2) is 0 Å². The summed E-state index contributed by atoms with van der Waals surface area (Å²) in [4.78, 5) is 0. The smallest absolute Gasteiger partial charge is 0.136 e. The summed E-state index contributed by atoms with van der Waals surface area (Å²) in [5, 5.41) is 18.5. The second kappa shape index (κ2) is 5.71. The SMILES string of the molecule is OCC1CCc2nnc(C3CCC4CCCCC4C3)n2C1. The van der Waals surface area contributed by atoms with Crippen molar-refractivity contribution in [3.63, 3.8) is 0 Å². The fraction of sp³-hybridized carbons (Fsp3) is 0.882. The first-order valence-electron chi connectivity index (χ1n) is 8.88. The van der Waals surface area contributed by atoms with Gasteiger partial charge in [-0.2, -0.15) is 0 Å². The second-order valence-electron chi connectivity index (χ2n) is 7.49. The maximum Gasteiger partial charge on any atom is 0.136 e. The minimum absolute atomic E-state index is 0.298. The van der Waals surface area contributed by atoms with Crippen LogP contribution in [0.2, 0.25) is 0 Å². The molecule has 3 aliphatic rings. The number of rotatable bonds is 2. The Hall–Kier alpha value is -0.900. The fourth-order valence-electron chi connectivity index (χ4n) is 4.97. The van der Waals surface area contributed by atoms with Gasteiger partial charge in [0, 0.05) is 31.4 Å². The summed E-state index contributed by atoms with van der Waals surface area (Å²) < 4.78 is 2.35. The van der Waals surface area contributed by atoms with Crippen molar-refractivity contribution in [3.8, 4) is 0 Å². The highest BCUT2D eigenvalue weighted by Crippen LogP contribution is 2.46. The normalized spacial score (nSPS) is 36.0. The number of aliphatic hydroxyl groups excluding tert-OH is 1. The van der Waals surface area contributed by atoms with E-state index in [1.807, 2.05) is 0 Å². The number of hydrogen-bond donors (Lipinski definition) is 1. The van der Waals surface area contributed by atoms with Crippen LogP contribution in [0, 0.1) is 17.8 Å². The van der Waals surface area contributed by atoms with Gasteiger partial charge in [0.1, 0.15) is 11.6 Å². The van der Waals surface area contributed by atoms with E-state index in [9.17, 15) is 5.11 Å². The average molecular weight is 289 g/mol. The number of aromatic nitrogens is 3. The van der Waals surface area contributed by atoms with Gasteiger partial charge in [-0.15, -0.1) is 10.2 Å². The molecule has 1 aromatic heterocycles. The van der Waals surface area contributed by atoms with Crippen molar-refractivity contribution < 1.29 is 5.11 Å². The van der Waals surface area contributed by atoms with Crippen molar-refractivity contribution in [2.24, 2.45) is 17.8 Å². The van der Waals surface area contributed by atoms with Crippen LogP contribution >= 0.6 is 0 Å². The average Bonchev–Trinajstić information content (AvgIpc) is 2.97. The van der Waals surface area contributed by atoms with Gasteiger partial charge >= 0.3 is 0 Å². The van der Waals surface area contributed by atoms with Gasteiger partial charge in [0.2, 0.25) is 0 Å². The lowest BCUT2D eigenvalue weighted by molar-refractivity contribution is 0.148. The first-order valence-corrected chi connectivity index (χ1v) is 8.88. The fourth-order valence-corrected chi connectivity index (χ4v) is 4.97. The zero-order chi connectivity index (χ0) is 14.2. The topological polar surface area (TPSA) is 50.9 Å². The van der Waals surface area contributed by atoms with Crippen molar-refractivity contribution in [2.45, 2.75) is 70.3 Å². The molecule has 2 saturated carbocycles. The highest BCUT2D eigenvalue weighted by atomic mass is 16.3. The molecule has 1 N–H and O–H groups in total. The minimum atomic E-state index is 0.298. The molecule has 2 aliphatic carbocycles.